The molecule has 6 heteroatoms. The van der Waals surface area contributed by atoms with E-state index in [-0.39, 0.29) is 40.7 Å². The lowest BCUT2D eigenvalue weighted by atomic mass is 9.82. The molecular formula is C23H21BrFNO3. The van der Waals surface area contributed by atoms with E-state index in [1.807, 2.05) is 0 Å². The zero-order chi connectivity index (χ0) is 20.5. The molecule has 1 fully saturated rings. The molecule has 3 aromatic rings. The number of carbonyl (C=O) groups is 2. The summed E-state index contributed by atoms with van der Waals surface area (Å²) in [6, 6.07) is 11.2. The molecule has 2 heterocycles. The lowest BCUT2D eigenvalue weighted by Crippen LogP contribution is -2.26. The van der Waals surface area contributed by atoms with E-state index in [1.165, 1.54) is 22.6 Å². The first kappa shape index (κ1) is 20.0. The molecule has 0 radical (unpaired) electrons. The minimum absolute atomic E-state index is 0.114. The van der Waals surface area contributed by atoms with Crippen LogP contribution in [-0.4, -0.2) is 27.2 Å². The predicted octanol–water partition coefficient (Wildman–Crippen LogP) is 5.20. The van der Waals surface area contributed by atoms with Gasteiger partial charge in [-0.05, 0) is 61.2 Å². The number of halogens is 2. The molecule has 1 aliphatic rings. The molecule has 2 aromatic heterocycles. The summed E-state index contributed by atoms with van der Waals surface area (Å²) in [5.41, 5.74) is 1.01. The van der Waals surface area contributed by atoms with Crippen LogP contribution in [0.15, 0.2) is 53.1 Å². The molecule has 1 saturated carbocycles. The molecule has 0 aliphatic heterocycles. The summed E-state index contributed by atoms with van der Waals surface area (Å²) in [6.07, 6.45) is 4.66. The molecule has 1 N–H and O–H groups in total. The Hall–Kier alpha value is -2.31. The highest BCUT2D eigenvalue weighted by Gasteiger charge is 2.28. The molecule has 4 nitrogen and oxygen atoms in total. The van der Waals surface area contributed by atoms with E-state index >= 15 is 0 Å². The van der Waals surface area contributed by atoms with Crippen molar-refractivity contribution in [1.29, 1.82) is 0 Å². The van der Waals surface area contributed by atoms with Crippen molar-refractivity contribution in [1.82, 2.24) is 4.40 Å². The van der Waals surface area contributed by atoms with Gasteiger partial charge in [0.05, 0.1) is 17.3 Å². The van der Waals surface area contributed by atoms with Crippen molar-refractivity contribution >= 4 is 33.0 Å². The highest BCUT2D eigenvalue weighted by molar-refractivity contribution is 9.10. The van der Waals surface area contributed by atoms with E-state index in [2.05, 4.69) is 15.9 Å². The second kappa shape index (κ2) is 8.20. The fraction of sp³-hybridized carbons (Fsp3) is 0.304. The zero-order valence-electron chi connectivity index (χ0n) is 15.8. The first-order valence-electron chi connectivity index (χ1n) is 9.77. The van der Waals surface area contributed by atoms with Crippen LogP contribution in [0, 0.1) is 11.7 Å². The summed E-state index contributed by atoms with van der Waals surface area (Å²) in [6.45, 7) is 0. The number of hydrogen-bond donors (Lipinski definition) is 1. The van der Waals surface area contributed by atoms with Crippen LogP contribution in [0.4, 0.5) is 4.39 Å². The topological polar surface area (TPSA) is 58.8 Å². The van der Waals surface area contributed by atoms with Crippen LogP contribution >= 0.6 is 15.9 Å². The SMILES string of the molecule is O=C(C[C@H]1CCCC[C@@H]1O)c1cc(C(=O)c2ccc(Br)cc2)n2cccc(F)c12. The molecule has 2 atom stereocenters. The van der Waals surface area contributed by atoms with Gasteiger partial charge < -0.3 is 9.51 Å². The van der Waals surface area contributed by atoms with Crippen molar-refractivity contribution in [3.8, 4) is 0 Å². The number of nitrogens with zero attached hydrogens (tertiary/aromatic N) is 1. The summed E-state index contributed by atoms with van der Waals surface area (Å²) >= 11 is 3.34. The number of hydrogen-bond acceptors (Lipinski definition) is 3. The Morgan fingerprint density at radius 2 is 1.86 bits per heavy atom. The largest absolute Gasteiger partial charge is 0.393 e. The quantitative estimate of drug-likeness (QED) is 0.535. The van der Waals surface area contributed by atoms with Gasteiger partial charge in [0.2, 0.25) is 5.78 Å². The van der Waals surface area contributed by atoms with Crippen LogP contribution in [0.5, 0.6) is 0 Å². The van der Waals surface area contributed by atoms with E-state index in [9.17, 15) is 19.1 Å². The van der Waals surface area contributed by atoms with Crippen molar-refractivity contribution < 1.29 is 19.1 Å². The molecule has 1 aromatic carbocycles. The Bertz CT molecular complexity index is 1070. The molecule has 0 spiro atoms. The van der Waals surface area contributed by atoms with Crippen LogP contribution in [0.25, 0.3) is 5.52 Å². The lowest BCUT2D eigenvalue weighted by Gasteiger charge is -2.26. The number of aliphatic hydroxyl groups excluding tert-OH is 1. The van der Waals surface area contributed by atoms with E-state index in [1.54, 1.807) is 30.5 Å². The van der Waals surface area contributed by atoms with Gasteiger partial charge in [0.1, 0.15) is 5.82 Å². The standard InChI is InChI=1S/C23H21BrFNO3/c24-16-9-7-14(8-10-16)23(29)19-13-17(22-18(25)5-3-11-26(19)22)21(28)12-15-4-1-2-6-20(15)27/h3,5,7-11,13,15,20,27H,1-2,4,6,12H2/t15-,20+/m1/s1. The number of aromatic nitrogens is 1. The van der Waals surface area contributed by atoms with E-state index in [0.717, 1.165) is 23.7 Å². The van der Waals surface area contributed by atoms with Crippen molar-refractivity contribution in [2.75, 3.05) is 0 Å². The van der Waals surface area contributed by atoms with Gasteiger partial charge in [0.15, 0.2) is 5.78 Å². The normalized spacial score (nSPS) is 19.4. The van der Waals surface area contributed by atoms with Crippen LogP contribution in [0.1, 0.15) is 58.5 Å². The molecule has 29 heavy (non-hydrogen) atoms. The highest BCUT2D eigenvalue weighted by Crippen LogP contribution is 2.30. The Kier molecular flexibility index (Phi) is 5.65. The number of ketones is 2. The third-order valence-corrected chi connectivity index (χ3v) is 6.23. The van der Waals surface area contributed by atoms with Crippen LogP contribution < -0.4 is 0 Å². The molecule has 4 rings (SSSR count). The van der Waals surface area contributed by atoms with Crippen LogP contribution in [-0.2, 0) is 0 Å². The first-order valence-corrected chi connectivity index (χ1v) is 10.6. The number of fused-ring (bicyclic) bond motifs is 1. The van der Waals surface area contributed by atoms with Crippen molar-refractivity contribution in [3.05, 3.63) is 75.8 Å². The monoisotopic (exact) mass is 457 g/mol. The number of Topliss-reactive ketones (excluding diaryl/α,β-unsaturated/α-hetero) is 1. The third-order valence-electron chi connectivity index (χ3n) is 5.70. The summed E-state index contributed by atoms with van der Waals surface area (Å²) in [5, 5.41) is 10.2. The fourth-order valence-electron chi connectivity index (χ4n) is 4.13. The van der Waals surface area contributed by atoms with Crippen molar-refractivity contribution in [2.24, 2.45) is 5.92 Å². The number of pyridine rings is 1. The van der Waals surface area contributed by atoms with Crippen molar-refractivity contribution in [3.63, 3.8) is 0 Å². The number of carbonyl (C=O) groups excluding carboxylic acids is 2. The van der Waals surface area contributed by atoms with Gasteiger partial charge >= 0.3 is 0 Å². The highest BCUT2D eigenvalue weighted by atomic mass is 79.9. The third kappa shape index (κ3) is 3.91. The summed E-state index contributed by atoms with van der Waals surface area (Å²) in [7, 11) is 0. The first-order chi connectivity index (χ1) is 14.0. The van der Waals surface area contributed by atoms with Crippen LogP contribution in [0.3, 0.4) is 0 Å². The molecule has 0 saturated heterocycles. The number of aliphatic hydroxyl groups is 1. The molecule has 0 unspecified atom stereocenters. The number of benzene rings is 1. The minimum Gasteiger partial charge on any atom is -0.393 e. The van der Waals surface area contributed by atoms with Gasteiger partial charge in [-0.1, -0.05) is 28.8 Å². The van der Waals surface area contributed by atoms with Gasteiger partial charge in [-0.15, -0.1) is 0 Å². The minimum atomic E-state index is -0.546. The average Bonchev–Trinajstić information content (AvgIpc) is 3.11. The van der Waals surface area contributed by atoms with E-state index < -0.39 is 11.9 Å². The predicted molar refractivity (Wildman–Crippen MR) is 112 cm³/mol. The lowest BCUT2D eigenvalue weighted by molar-refractivity contribution is 0.0584. The summed E-state index contributed by atoms with van der Waals surface area (Å²) < 4.78 is 17.0. The molecule has 1 aliphatic carbocycles. The molecular weight excluding hydrogens is 437 g/mol. The van der Waals surface area contributed by atoms with Gasteiger partial charge in [0, 0.05) is 28.2 Å². The maximum atomic E-state index is 14.7. The van der Waals surface area contributed by atoms with Gasteiger partial charge in [0.25, 0.3) is 0 Å². The maximum absolute atomic E-state index is 14.7. The molecule has 0 bridgehead atoms. The number of rotatable bonds is 5. The molecule has 150 valence electrons. The van der Waals surface area contributed by atoms with Crippen LogP contribution in [0.2, 0.25) is 0 Å². The maximum Gasteiger partial charge on any atom is 0.209 e. The summed E-state index contributed by atoms with van der Waals surface area (Å²) in [5.74, 6) is -1.19. The second-order valence-electron chi connectivity index (χ2n) is 7.59. The second-order valence-corrected chi connectivity index (χ2v) is 8.51. The fourth-order valence-corrected chi connectivity index (χ4v) is 4.39. The van der Waals surface area contributed by atoms with Gasteiger partial charge in [-0.25, -0.2) is 4.39 Å². The Morgan fingerprint density at radius 3 is 2.59 bits per heavy atom. The van der Waals surface area contributed by atoms with Crippen molar-refractivity contribution in [2.45, 2.75) is 38.2 Å². The molecule has 0 amide bonds. The van der Waals surface area contributed by atoms with E-state index in [0.29, 0.717) is 12.0 Å². The Balaban J connectivity index is 1.74. The Labute approximate surface area is 176 Å². The van der Waals surface area contributed by atoms with Gasteiger partial charge in [-0.3, -0.25) is 9.59 Å². The summed E-state index contributed by atoms with van der Waals surface area (Å²) in [4.78, 5) is 26.1. The smallest absolute Gasteiger partial charge is 0.209 e. The average molecular weight is 458 g/mol. The van der Waals surface area contributed by atoms with Gasteiger partial charge in [-0.2, -0.15) is 0 Å². The Morgan fingerprint density at radius 1 is 1.14 bits per heavy atom. The zero-order valence-corrected chi connectivity index (χ0v) is 17.4. The van der Waals surface area contributed by atoms with E-state index in [4.69, 9.17) is 0 Å².